The predicted molar refractivity (Wildman–Crippen MR) is 82.9 cm³/mol. The Labute approximate surface area is 125 Å². The molecule has 3 nitrogen and oxygen atoms in total. The van der Waals surface area contributed by atoms with Crippen molar-refractivity contribution in [1.82, 2.24) is 5.48 Å². The summed E-state index contributed by atoms with van der Waals surface area (Å²) >= 11 is 2.00. The fourth-order valence-corrected chi connectivity index (χ4v) is 5.33. The van der Waals surface area contributed by atoms with Gasteiger partial charge in [0.15, 0.2) is 0 Å². The van der Waals surface area contributed by atoms with Gasteiger partial charge in [0.1, 0.15) is 5.75 Å². The van der Waals surface area contributed by atoms with Crippen molar-refractivity contribution in [2.75, 3.05) is 12.9 Å². The number of nitrogens with one attached hydrogen (secondary N) is 1. The van der Waals surface area contributed by atoms with Gasteiger partial charge in [0.25, 0.3) is 0 Å². The first-order valence-corrected chi connectivity index (χ1v) is 8.42. The van der Waals surface area contributed by atoms with Gasteiger partial charge in [0, 0.05) is 10.7 Å². The van der Waals surface area contributed by atoms with E-state index in [9.17, 15) is 5.21 Å². The van der Waals surface area contributed by atoms with Crippen molar-refractivity contribution >= 4 is 11.8 Å². The van der Waals surface area contributed by atoms with Crippen LogP contribution in [0, 0.1) is 0 Å². The molecule has 0 spiro atoms. The number of ether oxygens (including phenoxy) is 1. The van der Waals surface area contributed by atoms with Crippen LogP contribution in [-0.2, 0) is 11.8 Å². The molecule has 3 rings (SSSR count). The smallest absolute Gasteiger partial charge is 0.119 e. The summed E-state index contributed by atoms with van der Waals surface area (Å²) in [4.78, 5) is 0. The molecule has 1 aromatic carbocycles. The third kappa shape index (κ3) is 2.24. The summed E-state index contributed by atoms with van der Waals surface area (Å²) in [7, 11) is 1.71. The van der Waals surface area contributed by atoms with Crippen molar-refractivity contribution < 1.29 is 9.94 Å². The van der Waals surface area contributed by atoms with E-state index in [0.29, 0.717) is 5.25 Å². The second kappa shape index (κ2) is 5.58. The van der Waals surface area contributed by atoms with Crippen LogP contribution in [0.5, 0.6) is 5.75 Å². The SMILES string of the molecule is COc1ccc2c(c1)[C@@]1(C)CCCCSC(C2)C1NO. The van der Waals surface area contributed by atoms with E-state index in [4.69, 9.17) is 4.74 Å². The van der Waals surface area contributed by atoms with Crippen molar-refractivity contribution in [2.45, 2.75) is 49.3 Å². The molecule has 0 amide bonds. The highest BCUT2D eigenvalue weighted by molar-refractivity contribution is 7.99. The molecule has 2 unspecified atom stereocenters. The molecule has 1 aliphatic heterocycles. The quantitative estimate of drug-likeness (QED) is 0.822. The Kier molecular flexibility index (Phi) is 3.98. The van der Waals surface area contributed by atoms with Crippen molar-refractivity contribution in [1.29, 1.82) is 0 Å². The molecule has 1 aliphatic carbocycles. The molecule has 0 saturated carbocycles. The van der Waals surface area contributed by atoms with E-state index >= 15 is 0 Å². The van der Waals surface area contributed by atoms with Crippen LogP contribution < -0.4 is 10.2 Å². The van der Waals surface area contributed by atoms with Crippen LogP contribution in [0.25, 0.3) is 0 Å². The number of methoxy groups -OCH3 is 1. The van der Waals surface area contributed by atoms with Gasteiger partial charge in [-0.3, -0.25) is 0 Å². The molecule has 3 atom stereocenters. The minimum Gasteiger partial charge on any atom is -0.497 e. The van der Waals surface area contributed by atoms with Gasteiger partial charge in [0.2, 0.25) is 0 Å². The molecule has 1 aromatic rings. The molecule has 110 valence electrons. The molecule has 1 fully saturated rings. The van der Waals surface area contributed by atoms with Gasteiger partial charge in [-0.25, -0.2) is 5.48 Å². The molecule has 20 heavy (non-hydrogen) atoms. The molecule has 4 heteroatoms. The lowest BCUT2D eigenvalue weighted by Crippen LogP contribution is -2.56. The molecule has 2 bridgehead atoms. The third-order valence-corrected chi connectivity index (χ3v) is 6.36. The van der Waals surface area contributed by atoms with Gasteiger partial charge < -0.3 is 9.94 Å². The largest absolute Gasteiger partial charge is 0.497 e. The molecule has 0 radical (unpaired) electrons. The number of hydroxylamine groups is 1. The van der Waals surface area contributed by atoms with Crippen LogP contribution in [0.3, 0.4) is 0 Å². The Hall–Kier alpha value is -0.710. The maximum Gasteiger partial charge on any atom is 0.119 e. The van der Waals surface area contributed by atoms with Gasteiger partial charge in [0.05, 0.1) is 13.2 Å². The van der Waals surface area contributed by atoms with E-state index in [-0.39, 0.29) is 11.5 Å². The average molecular weight is 293 g/mol. The summed E-state index contributed by atoms with van der Waals surface area (Å²) in [5.74, 6) is 2.11. The van der Waals surface area contributed by atoms with Gasteiger partial charge in [-0.2, -0.15) is 11.8 Å². The van der Waals surface area contributed by atoms with Crippen molar-refractivity contribution in [2.24, 2.45) is 0 Å². The fourth-order valence-electron chi connectivity index (χ4n) is 3.80. The normalized spacial score (nSPS) is 33.0. The molecule has 1 heterocycles. The van der Waals surface area contributed by atoms with Gasteiger partial charge in [-0.1, -0.05) is 19.4 Å². The van der Waals surface area contributed by atoms with Crippen molar-refractivity contribution in [3.63, 3.8) is 0 Å². The van der Waals surface area contributed by atoms with E-state index < -0.39 is 0 Å². The van der Waals surface area contributed by atoms with Crippen LogP contribution in [0.1, 0.15) is 37.3 Å². The highest BCUT2D eigenvalue weighted by Gasteiger charge is 2.46. The summed E-state index contributed by atoms with van der Waals surface area (Å²) in [5.41, 5.74) is 5.38. The van der Waals surface area contributed by atoms with Gasteiger partial charge in [-0.15, -0.1) is 0 Å². The molecular weight excluding hydrogens is 270 g/mol. The molecule has 2 aliphatic rings. The number of benzene rings is 1. The van der Waals surface area contributed by atoms with Crippen LogP contribution in [-0.4, -0.2) is 29.4 Å². The average Bonchev–Trinajstić information content (AvgIpc) is 2.45. The van der Waals surface area contributed by atoms with Crippen LogP contribution >= 0.6 is 11.8 Å². The standard InChI is InChI=1S/C16H23NO2S/c1-16-7-3-4-8-20-14(15(16)17-18)9-11-5-6-12(19-2)10-13(11)16/h5-6,10,14-15,17-18H,3-4,7-9H2,1-2H3/t14?,15?,16-/m1/s1. The number of hydrogen-bond donors (Lipinski definition) is 2. The maximum atomic E-state index is 9.74. The number of fused-ring (bicyclic) bond motifs is 4. The fraction of sp³-hybridized carbons (Fsp3) is 0.625. The third-order valence-electron chi connectivity index (χ3n) is 4.97. The summed E-state index contributed by atoms with van der Waals surface area (Å²) in [5, 5.41) is 10.2. The summed E-state index contributed by atoms with van der Waals surface area (Å²) in [6.07, 6.45) is 4.62. The minimum atomic E-state index is -0.0189. The Morgan fingerprint density at radius 1 is 1.40 bits per heavy atom. The summed E-state index contributed by atoms with van der Waals surface area (Å²) in [6.45, 7) is 2.29. The first-order valence-electron chi connectivity index (χ1n) is 7.37. The monoisotopic (exact) mass is 293 g/mol. The van der Waals surface area contributed by atoms with E-state index in [1.165, 1.54) is 29.7 Å². The number of thioether (sulfide) groups is 1. The Balaban J connectivity index is 2.10. The molecule has 2 N–H and O–H groups in total. The predicted octanol–water partition coefficient (Wildman–Crippen LogP) is 3.14. The lowest BCUT2D eigenvalue weighted by molar-refractivity contribution is 0.0759. The molecule has 0 aromatic heterocycles. The lowest BCUT2D eigenvalue weighted by Gasteiger charge is -2.47. The zero-order valence-electron chi connectivity index (χ0n) is 12.2. The van der Waals surface area contributed by atoms with Crippen LogP contribution in [0.4, 0.5) is 0 Å². The van der Waals surface area contributed by atoms with E-state index in [0.717, 1.165) is 18.6 Å². The highest BCUT2D eigenvalue weighted by Crippen LogP contribution is 2.46. The highest BCUT2D eigenvalue weighted by atomic mass is 32.2. The second-order valence-electron chi connectivity index (χ2n) is 6.12. The Morgan fingerprint density at radius 3 is 3.00 bits per heavy atom. The maximum absolute atomic E-state index is 9.74. The van der Waals surface area contributed by atoms with Crippen molar-refractivity contribution in [3.05, 3.63) is 29.3 Å². The van der Waals surface area contributed by atoms with Crippen molar-refractivity contribution in [3.8, 4) is 5.75 Å². The number of rotatable bonds is 2. The van der Waals surface area contributed by atoms with Crippen LogP contribution in [0.15, 0.2) is 18.2 Å². The molecule has 1 saturated heterocycles. The summed E-state index contributed by atoms with van der Waals surface area (Å²) < 4.78 is 5.40. The second-order valence-corrected chi connectivity index (χ2v) is 7.46. The first kappa shape index (κ1) is 14.2. The number of hydrogen-bond acceptors (Lipinski definition) is 4. The zero-order valence-corrected chi connectivity index (χ0v) is 13.0. The topological polar surface area (TPSA) is 41.5 Å². The van der Waals surface area contributed by atoms with Crippen LogP contribution in [0.2, 0.25) is 0 Å². The first-order chi connectivity index (χ1) is 9.69. The summed E-state index contributed by atoms with van der Waals surface area (Å²) in [6, 6.07) is 6.55. The molecular formula is C16H23NO2S. The Morgan fingerprint density at radius 2 is 2.25 bits per heavy atom. The van der Waals surface area contributed by atoms with E-state index in [1.54, 1.807) is 7.11 Å². The van der Waals surface area contributed by atoms with E-state index in [2.05, 4.69) is 30.6 Å². The van der Waals surface area contributed by atoms with E-state index in [1.807, 2.05) is 11.8 Å². The van der Waals surface area contributed by atoms with Gasteiger partial charge >= 0.3 is 0 Å². The lowest BCUT2D eigenvalue weighted by atomic mass is 9.65. The zero-order chi connectivity index (χ0) is 14.2. The van der Waals surface area contributed by atoms with Gasteiger partial charge in [-0.05, 0) is 48.3 Å². The Bertz CT molecular complexity index is 493. The minimum absolute atomic E-state index is 0.0189.